The molecule has 1 saturated heterocycles. The van der Waals surface area contributed by atoms with Crippen molar-refractivity contribution in [1.29, 1.82) is 0 Å². The number of aliphatic carboxylic acids is 1. The second-order valence-electron chi connectivity index (χ2n) is 7.20. The van der Waals surface area contributed by atoms with Gasteiger partial charge in [-0.2, -0.15) is 0 Å². The van der Waals surface area contributed by atoms with Crippen molar-refractivity contribution in [3.05, 3.63) is 53.6 Å². The molecule has 2 aliphatic rings. The topological polar surface area (TPSA) is 107 Å². The maximum Gasteiger partial charge on any atom is 0.307 e. The number of nitrogens with zero attached hydrogens (tertiary/aromatic N) is 1. The predicted octanol–water partition coefficient (Wildman–Crippen LogP) is 2.57. The Morgan fingerprint density at radius 3 is 2.52 bits per heavy atom. The summed E-state index contributed by atoms with van der Waals surface area (Å²) in [4.78, 5) is 21.6. The zero-order chi connectivity index (χ0) is 20.8. The maximum absolute atomic E-state index is 10.9. The Bertz CT molecular complexity index is 862. The Morgan fingerprint density at radius 1 is 1.14 bits per heavy atom. The van der Waals surface area contributed by atoms with Gasteiger partial charge in [0.2, 0.25) is 0 Å². The van der Waals surface area contributed by atoms with Crippen molar-refractivity contribution in [2.24, 2.45) is 0 Å². The van der Waals surface area contributed by atoms with Crippen molar-refractivity contribution in [3.63, 3.8) is 0 Å². The number of fused-ring (bicyclic) bond motifs is 1. The number of aliphatic hydroxyl groups is 1. The lowest BCUT2D eigenvalue weighted by Gasteiger charge is -2.36. The lowest BCUT2D eigenvalue weighted by molar-refractivity contribution is -0.136. The van der Waals surface area contributed by atoms with Crippen LogP contribution < -0.4 is 4.74 Å². The molecular formula is C22H25NO6. The van der Waals surface area contributed by atoms with Crippen LogP contribution in [-0.2, 0) is 16.0 Å². The minimum atomic E-state index is -0.841. The summed E-state index contributed by atoms with van der Waals surface area (Å²) < 4.78 is 5.98. The molecule has 0 bridgehead atoms. The van der Waals surface area contributed by atoms with E-state index in [0.29, 0.717) is 12.4 Å². The summed E-state index contributed by atoms with van der Waals surface area (Å²) in [6.07, 6.45) is 1.83. The molecule has 1 fully saturated rings. The molecule has 0 radical (unpaired) electrons. The molecule has 0 saturated carbocycles. The first kappa shape index (κ1) is 20.8. The molecule has 0 unspecified atom stereocenters. The lowest BCUT2D eigenvalue weighted by Crippen LogP contribution is -2.44. The fourth-order valence-electron chi connectivity index (χ4n) is 3.97. The Kier molecular flexibility index (Phi) is 6.85. The van der Waals surface area contributed by atoms with Gasteiger partial charge in [0, 0.05) is 5.56 Å². The van der Waals surface area contributed by atoms with Gasteiger partial charge in [-0.25, -0.2) is 0 Å². The van der Waals surface area contributed by atoms with E-state index in [1.54, 1.807) is 0 Å². The van der Waals surface area contributed by atoms with Crippen LogP contribution in [0.4, 0.5) is 0 Å². The van der Waals surface area contributed by atoms with Crippen LogP contribution in [0.5, 0.6) is 5.75 Å². The summed E-state index contributed by atoms with van der Waals surface area (Å²) in [7, 11) is 0. The van der Waals surface area contributed by atoms with E-state index in [4.69, 9.17) is 19.7 Å². The Balaban J connectivity index is 0.000000755. The maximum atomic E-state index is 10.9. The van der Waals surface area contributed by atoms with Gasteiger partial charge < -0.3 is 20.1 Å². The highest BCUT2D eigenvalue weighted by Crippen LogP contribution is 2.38. The number of hydrogen-bond acceptors (Lipinski definition) is 5. The van der Waals surface area contributed by atoms with Crippen molar-refractivity contribution in [2.75, 3.05) is 19.7 Å². The van der Waals surface area contributed by atoms with Gasteiger partial charge in [-0.05, 0) is 48.7 Å². The summed E-state index contributed by atoms with van der Waals surface area (Å²) in [5.74, 6) is -0.124. The van der Waals surface area contributed by atoms with Gasteiger partial charge in [-0.1, -0.05) is 36.4 Å². The molecule has 3 N–H and O–H groups in total. The normalized spacial score (nSPS) is 20.7. The first-order chi connectivity index (χ1) is 14.0. The van der Waals surface area contributed by atoms with Crippen LogP contribution in [0.2, 0.25) is 0 Å². The van der Waals surface area contributed by atoms with Gasteiger partial charge >= 0.3 is 5.97 Å². The smallest absolute Gasteiger partial charge is 0.307 e. The van der Waals surface area contributed by atoms with Crippen LogP contribution in [-0.4, -0.2) is 58.4 Å². The van der Waals surface area contributed by atoms with E-state index >= 15 is 0 Å². The van der Waals surface area contributed by atoms with E-state index in [-0.39, 0.29) is 18.9 Å². The molecule has 4 rings (SSSR count). The van der Waals surface area contributed by atoms with Gasteiger partial charge in [0.05, 0.1) is 12.5 Å². The second kappa shape index (κ2) is 9.54. The average molecular weight is 399 g/mol. The van der Waals surface area contributed by atoms with E-state index in [1.807, 2.05) is 42.5 Å². The van der Waals surface area contributed by atoms with Gasteiger partial charge in [-0.15, -0.1) is 0 Å². The van der Waals surface area contributed by atoms with Gasteiger partial charge in [-0.3, -0.25) is 14.5 Å². The molecule has 29 heavy (non-hydrogen) atoms. The molecule has 2 aromatic carbocycles. The monoisotopic (exact) mass is 399 g/mol. The van der Waals surface area contributed by atoms with Gasteiger partial charge in [0.1, 0.15) is 18.5 Å². The van der Waals surface area contributed by atoms with Crippen LogP contribution >= 0.6 is 0 Å². The van der Waals surface area contributed by atoms with Gasteiger partial charge in [0.15, 0.2) is 0 Å². The summed E-state index contributed by atoms with van der Waals surface area (Å²) in [5.41, 5.74) is 3.51. The molecule has 0 spiro atoms. The lowest BCUT2D eigenvalue weighted by atomic mass is 9.94. The number of likely N-dealkylation sites (tertiary alicyclic amines) is 1. The molecule has 0 aromatic heterocycles. The number of carboxylic acids is 1. The number of carboxylic acid groups (broad SMARTS) is 2. The third-order valence-corrected chi connectivity index (χ3v) is 5.33. The van der Waals surface area contributed by atoms with Crippen LogP contribution in [0.15, 0.2) is 42.5 Å². The second-order valence-corrected chi connectivity index (χ2v) is 7.20. The SMILES string of the molecule is O=C(O)Cc1cccc(-c2ccc3c(c2)OC[C@@H](N2CCCC2)[C@@H]3O)c1.O=CO. The molecule has 2 aliphatic heterocycles. The van der Waals surface area contributed by atoms with Crippen molar-refractivity contribution < 1.29 is 29.6 Å². The van der Waals surface area contributed by atoms with Crippen molar-refractivity contribution in [3.8, 4) is 16.9 Å². The Labute approximate surface area is 169 Å². The first-order valence-electron chi connectivity index (χ1n) is 9.61. The third-order valence-electron chi connectivity index (χ3n) is 5.33. The molecule has 154 valence electrons. The quantitative estimate of drug-likeness (QED) is 0.678. The largest absolute Gasteiger partial charge is 0.491 e. The van der Waals surface area contributed by atoms with Crippen molar-refractivity contribution in [1.82, 2.24) is 4.90 Å². The van der Waals surface area contributed by atoms with E-state index in [0.717, 1.165) is 35.3 Å². The van der Waals surface area contributed by atoms with Gasteiger partial charge in [0.25, 0.3) is 6.47 Å². The molecule has 0 aliphatic carbocycles. The minimum Gasteiger partial charge on any atom is -0.491 e. The number of rotatable bonds is 4. The summed E-state index contributed by atoms with van der Waals surface area (Å²) in [6, 6.07) is 13.4. The zero-order valence-electron chi connectivity index (χ0n) is 16.0. The fraction of sp³-hybridized carbons (Fsp3) is 0.364. The number of ether oxygens (including phenoxy) is 1. The van der Waals surface area contributed by atoms with Crippen LogP contribution in [0.25, 0.3) is 11.1 Å². The molecule has 7 nitrogen and oxygen atoms in total. The molecule has 2 heterocycles. The highest BCUT2D eigenvalue weighted by atomic mass is 16.5. The van der Waals surface area contributed by atoms with E-state index in [1.165, 1.54) is 12.8 Å². The van der Waals surface area contributed by atoms with E-state index in [2.05, 4.69) is 4.90 Å². The van der Waals surface area contributed by atoms with Crippen LogP contribution in [0.1, 0.15) is 30.1 Å². The Hall–Kier alpha value is -2.90. The molecule has 2 atom stereocenters. The van der Waals surface area contributed by atoms with Crippen LogP contribution in [0, 0.1) is 0 Å². The summed E-state index contributed by atoms with van der Waals surface area (Å²) in [6.45, 7) is 2.29. The van der Waals surface area contributed by atoms with Crippen molar-refractivity contribution in [2.45, 2.75) is 31.4 Å². The molecule has 2 aromatic rings. The van der Waals surface area contributed by atoms with E-state index in [9.17, 15) is 9.90 Å². The number of hydrogen-bond donors (Lipinski definition) is 3. The molecule has 0 amide bonds. The fourth-order valence-corrected chi connectivity index (χ4v) is 3.97. The number of benzene rings is 2. The highest BCUT2D eigenvalue weighted by Gasteiger charge is 2.34. The molecular weight excluding hydrogens is 374 g/mol. The highest BCUT2D eigenvalue weighted by molar-refractivity contribution is 5.72. The van der Waals surface area contributed by atoms with Crippen molar-refractivity contribution >= 4 is 12.4 Å². The summed E-state index contributed by atoms with van der Waals surface area (Å²) >= 11 is 0. The summed E-state index contributed by atoms with van der Waals surface area (Å²) in [5, 5.41) is 26.7. The molecule has 7 heteroatoms. The third kappa shape index (κ3) is 4.93. The Morgan fingerprint density at radius 2 is 1.83 bits per heavy atom. The standard InChI is InChI=1S/C21H23NO4.CH2O2/c23-20(24)11-14-4-3-5-15(10-14)16-6-7-17-19(12-16)26-13-18(21(17)25)22-8-1-2-9-22;2-1-3/h3-7,10,12,18,21,25H,1-2,8-9,11,13H2,(H,23,24);1H,(H,2,3)/t18-,21-;/m1./s1. The van der Waals surface area contributed by atoms with Crippen LogP contribution in [0.3, 0.4) is 0 Å². The number of aliphatic hydroxyl groups excluding tert-OH is 1. The number of carbonyl (C=O) groups is 2. The average Bonchev–Trinajstić information content (AvgIpc) is 3.23. The zero-order valence-corrected chi connectivity index (χ0v) is 16.0. The first-order valence-corrected chi connectivity index (χ1v) is 9.61. The van der Waals surface area contributed by atoms with E-state index < -0.39 is 12.1 Å². The predicted molar refractivity (Wildman–Crippen MR) is 107 cm³/mol. The minimum absolute atomic E-state index is 0.00547.